The highest BCUT2D eigenvalue weighted by atomic mass is 16.5. The summed E-state index contributed by atoms with van der Waals surface area (Å²) >= 11 is 0. The number of piperidine rings is 1. The summed E-state index contributed by atoms with van der Waals surface area (Å²) in [4.78, 5) is 14.5. The van der Waals surface area contributed by atoms with E-state index in [0.717, 1.165) is 24.9 Å². The van der Waals surface area contributed by atoms with Crippen LogP contribution in [0.4, 0.5) is 0 Å². The van der Waals surface area contributed by atoms with Crippen molar-refractivity contribution in [3.05, 3.63) is 35.9 Å². The van der Waals surface area contributed by atoms with Crippen LogP contribution in [-0.4, -0.2) is 43.7 Å². The molecular weight excluding hydrogens is 252 g/mol. The van der Waals surface area contributed by atoms with E-state index in [1.807, 2.05) is 23.1 Å². The lowest BCUT2D eigenvalue weighted by Crippen LogP contribution is -2.49. The Kier molecular flexibility index (Phi) is 6.02. The summed E-state index contributed by atoms with van der Waals surface area (Å²) in [5.74, 6) is 0.200. The van der Waals surface area contributed by atoms with E-state index < -0.39 is 0 Å². The Morgan fingerprint density at radius 1 is 1.35 bits per heavy atom. The maximum absolute atomic E-state index is 12.6. The molecule has 0 spiro atoms. The quantitative estimate of drug-likeness (QED) is 0.861. The van der Waals surface area contributed by atoms with Crippen molar-refractivity contribution >= 4 is 5.91 Å². The van der Waals surface area contributed by atoms with Crippen LogP contribution in [0.3, 0.4) is 0 Å². The first-order chi connectivity index (χ1) is 9.81. The molecule has 1 fully saturated rings. The summed E-state index contributed by atoms with van der Waals surface area (Å²) in [5.41, 5.74) is 1.16. The predicted molar refractivity (Wildman–Crippen MR) is 79.4 cm³/mol. The van der Waals surface area contributed by atoms with E-state index in [1.54, 1.807) is 7.11 Å². The van der Waals surface area contributed by atoms with Gasteiger partial charge in [-0.3, -0.25) is 4.79 Å². The first kappa shape index (κ1) is 15.0. The van der Waals surface area contributed by atoms with E-state index in [4.69, 9.17) is 4.74 Å². The van der Waals surface area contributed by atoms with Gasteiger partial charge in [0.15, 0.2) is 0 Å². The minimum absolute atomic E-state index is 0.0238. The zero-order chi connectivity index (χ0) is 14.2. The second-order valence-electron chi connectivity index (χ2n) is 5.24. The number of amides is 1. The van der Waals surface area contributed by atoms with Gasteiger partial charge >= 0.3 is 0 Å². The van der Waals surface area contributed by atoms with E-state index in [0.29, 0.717) is 19.7 Å². The SMILES string of the molecule is COCCN(Cc1ccccc1)C(=O)[C@@H]1CCCCN1. The van der Waals surface area contributed by atoms with E-state index >= 15 is 0 Å². The van der Waals surface area contributed by atoms with Gasteiger partial charge in [0, 0.05) is 20.2 Å². The zero-order valence-electron chi connectivity index (χ0n) is 12.2. The maximum Gasteiger partial charge on any atom is 0.240 e. The van der Waals surface area contributed by atoms with Gasteiger partial charge in [0.25, 0.3) is 0 Å². The van der Waals surface area contributed by atoms with Crippen molar-refractivity contribution < 1.29 is 9.53 Å². The highest BCUT2D eigenvalue weighted by Crippen LogP contribution is 2.12. The molecule has 1 aliphatic heterocycles. The van der Waals surface area contributed by atoms with E-state index in [2.05, 4.69) is 17.4 Å². The zero-order valence-corrected chi connectivity index (χ0v) is 12.2. The van der Waals surface area contributed by atoms with Gasteiger partial charge in [-0.15, -0.1) is 0 Å². The lowest BCUT2D eigenvalue weighted by Gasteiger charge is -2.30. The van der Waals surface area contributed by atoms with Gasteiger partial charge in [-0.05, 0) is 24.9 Å². The molecule has 20 heavy (non-hydrogen) atoms. The Hall–Kier alpha value is -1.39. The molecule has 0 saturated carbocycles. The molecule has 4 nitrogen and oxygen atoms in total. The van der Waals surface area contributed by atoms with Gasteiger partial charge in [-0.25, -0.2) is 0 Å². The van der Waals surface area contributed by atoms with Gasteiger partial charge < -0.3 is 15.0 Å². The number of ether oxygens (including phenoxy) is 1. The molecule has 0 radical (unpaired) electrons. The second-order valence-corrected chi connectivity index (χ2v) is 5.24. The molecule has 1 heterocycles. The average molecular weight is 276 g/mol. The number of hydrogen-bond donors (Lipinski definition) is 1. The first-order valence-electron chi connectivity index (χ1n) is 7.36. The number of carbonyl (C=O) groups is 1. The van der Waals surface area contributed by atoms with Crippen LogP contribution >= 0.6 is 0 Å². The molecule has 1 aromatic rings. The van der Waals surface area contributed by atoms with Gasteiger partial charge in [0.2, 0.25) is 5.91 Å². The Balaban J connectivity index is 2.00. The molecule has 1 N–H and O–H groups in total. The fraction of sp³-hybridized carbons (Fsp3) is 0.562. The molecule has 0 bridgehead atoms. The number of carbonyl (C=O) groups excluding carboxylic acids is 1. The predicted octanol–water partition coefficient (Wildman–Crippen LogP) is 1.80. The average Bonchev–Trinajstić information content (AvgIpc) is 2.52. The molecule has 110 valence electrons. The van der Waals surface area contributed by atoms with Gasteiger partial charge in [-0.2, -0.15) is 0 Å². The third-order valence-corrected chi connectivity index (χ3v) is 3.70. The summed E-state index contributed by atoms with van der Waals surface area (Å²) in [6.45, 7) is 2.81. The van der Waals surface area contributed by atoms with E-state index in [1.165, 1.54) is 6.42 Å². The van der Waals surface area contributed by atoms with Crippen molar-refractivity contribution in [1.29, 1.82) is 0 Å². The molecule has 0 aliphatic carbocycles. The smallest absolute Gasteiger partial charge is 0.240 e. The summed E-state index contributed by atoms with van der Waals surface area (Å²) in [7, 11) is 1.67. The van der Waals surface area contributed by atoms with Crippen molar-refractivity contribution in [2.24, 2.45) is 0 Å². The van der Waals surface area contributed by atoms with Crippen LogP contribution in [-0.2, 0) is 16.1 Å². The number of nitrogens with zero attached hydrogens (tertiary/aromatic N) is 1. The van der Waals surface area contributed by atoms with Crippen LogP contribution in [0.2, 0.25) is 0 Å². The number of nitrogens with one attached hydrogen (secondary N) is 1. The first-order valence-corrected chi connectivity index (χ1v) is 7.36. The number of methoxy groups -OCH3 is 1. The minimum atomic E-state index is -0.0238. The van der Waals surface area contributed by atoms with Crippen molar-refractivity contribution in [2.45, 2.75) is 31.8 Å². The standard InChI is InChI=1S/C16H24N2O2/c1-20-12-11-18(13-14-7-3-2-4-8-14)16(19)15-9-5-6-10-17-15/h2-4,7-8,15,17H,5-6,9-13H2,1H3/t15-/m0/s1. The summed E-state index contributed by atoms with van der Waals surface area (Å²) in [6.07, 6.45) is 3.24. The fourth-order valence-corrected chi connectivity index (χ4v) is 2.56. The van der Waals surface area contributed by atoms with Gasteiger partial charge in [0.1, 0.15) is 0 Å². The third-order valence-electron chi connectivity index (χ3n) is 3.70. The van der Waals surface area contributed by atoms with Crippen molar-refractivity contribution in [1.82, 2.24) is 10.2 Å². The Bertz CT molecular complexity index is 402. The highest BCUT2D eigenvalue weighted by molar-refractivity contribution is 5.82. The molecule has 2 rings (SSSR count). The van der Waals surface area contributed by atoms with Crippen molar-refractivity contribution in [2.75, 3.05) is 26.8 Å². The lowest BCUT2D eigenvalue weighted by atomic mass is 10.0. The van der Waals surface area contributed by atoms with Crippen molar-refractivity contribution in [3.63, 3.8) is 0 Å². The van der Waals surface area contributed by atoms with Crippen molar-refractivity contribution in [3.8, 4) is 0 Å². The van der Waals surface area contributed by atoms with Crippen LogP contribution in [0.15, 0.2) is 30.3 Å². The molecule has 0 aromatic heterocycles. The number of hydrogen-bond acceptors (Lipinski definition) is 3. The van der Waals surface area contributed by atoms with E-state index in [-0.39, 0.29) is 11.9 Å². The monoisotopic (exact) mass is 276 g/mol. The third kappa shape index (κ3) is 4.32. The fourth-order valence-electron chi connectivity index (χ4n) is 2.56. The Labute approximate surface area is 121 Å². The lowest BCUT2D eigenvalue weighted by molar-refractivity contribution is -0.135. The summed E-state index contributed by atoms with van der Waals surface area (Å²) in [5, 5.41) is 3.33. The maximum atomic E-state index is 12.6. The van der Waals surface area contributed by atoms with E-state index in [9.17, 15) is 4.79 Å². The molecule has 1 aliphatic rings. The van der Waals surface area contributed by atoms with Gasteiger partial charge in [0.05, 0.1) is 12.6 Å². The normalized spacial score (nSPS) is 18.8. The number of benzene rings is 1. The Morgan fingerprint density at radius 3 is 2.80 bits per heavy atom. The molecule has 1 saturated heterocycles. The molecule has 4 heteroatoms. The highest BCUT2D eigenvalue weighted by Gasteiger charge is 2.25. The second kappa shape index (κ2) is 8.02. The molecule has 1 amide bonds. The molecular formula is C16H24N2O2. The molecule has 1 atom stereocenters. The summed E-state index contributed by atoms with van der Waals surface area (Å²) in [6, 6.07) is 10.1. The molecule has 0 unspecified atom stereocenters. The van der Waals surface area contributed by atoms with Crippen LogP contribution < -0.4 is 5.32 Å². The van der Waals surface area contributed by atoms with Crippen LogP contribution in [0.25, 0.3) is 0 Å². The van der Waals surface area contributed by atoms with Crippen LogP contribution in [0.1, 0.15) is 24.8 Å². The largest absolute Gasteiger partial charge is 0.383 e. The minimum Gasteiger partial charge on any atom is -0.383 e. The Morgan fingerprint density at radius 2 is 2.15 bits per heavy atom. The van der Waals surface area contributed by atoms with Crippen LogP contribution in [0, 0.1) is 0 Å². The van der Waals surface area contributed by atoms with Crippen LogP contribution in [0.5, 0.6) is 0 Å². The molecule has 1 aromatic carbocycles. The number of rotatable bonds is 6. The topological polar surface area (TPSA) is 41.6 Å². The summed E-state index contributed by atoms with van der Waals surface area (Å²) < 4.78 is 5.13. The van der Waals surface area contributed by atoms with Gasteiger partial charge in [-0.1, -0.05) is 36.8 Å².